The number of rotatable bonds is 13. The molecule has 8 aromatic heterocycles. The Bertz CT molecular complexity index is 9020. The van der Waals surface area contributed by atoms with Crippen LogP contribution in [-0.4, -0.2) is 19.9 Å². The van der Waals surface area contributed by atoms with Crippen LogP contribution in [0.3, 0.4) is 0 Å². The van der Waals surface area contributed by atoms with Gasteiger partial charge < -0.3 is 8.83 Å². The van der Waals surface area contributed by atoms with Crippen LogP contribution >= 0.6 is 45.3 Å². The number of hydrogen-bond donors (Lipinski definition) is 0. The fourth-order valence-electron chi connectivity index (χ4n) is 19.1. The first-order chi connectivity index (χ1) is 62.4. The molecular formula is C116H66N4O2S4. The van der Waals surface area contributed by atoms with Crippen LogP contribution in [0.2, 0.25) is 0 Å². The molecule has 0 saturated heterocycles. The van der Waals surface area contributed by atoms with Crippen LogP contribution in [0.5, 0.6) is 0 Å². The lowest BCUT2D eigenvalue weighted by molar-refractivity contribution is 0.669. The molecule has 0 aliphatic heterocycles. The van der Waals surface area contributed by atoms with Crippen molar-refractivity contribution >= 4 is 170 Å². The summed E-state index contributed by atoms with van der Waals surface area (Å²) in [5.74, 6) is 1.31. The van der Waals surface area contributed by atoms with E-state index in [1.807, 2.05) is 75.7 Å². The minimum Gasteiger partial charge on any atom is -0.456 e. The van der Waals surface area contributed by atoms with E-state index in [1.165, 1.54) is 103 Å². The van der Waals surface area contributed by atoms with Crippen molar-refractivity contribution in [3.8, 4) is 146 Å². The number of fused-ring (bicyclic) bond motifs is 18. The van der Waals surface area contributed by atoms with Crippen molar-refractivity contribution in [1.82, 2.24) is 19.9 Å². The molecule has 6 nitrogen and oxygen atoms in total. The van der Waals surface area contributed by atoms with Gasteiger partial charge in [-0.2, -0.15) is 0 Å². The minimum atomic E-state index is 0.650. The zero-order valence-corrected chi connectivity index (χ0v) is 70.6. The topological polar surface area (TPSA) is 77.8 Å². The van der Waals surface area contributed by atoms with E-state index >= 15 is 0 Å². The summed E-state index contributed by atoms with van der Waals surface area (Å²) in [7, 11) is 0. The summed E-state index contributed by atoms with van der Waals surface area (Å²) in [5, 5.41) is 14.3. The van der Waals surface area contributed by atoms with E-state index in [0.717, 1.165) is 156 Å². The first-order valence-electron chi connectivity index (χ1n) is 42.3. The molecule has 126 heavy (non-hydrogen) atoms. The molecule has 8 heterocycles. The second-order valence-corrected chi connectivity index (χ2v) is 36.7. The van der Waals surface area contributed by atoms with Gasteiger partial charge in [0.1, 0.15) is 22.3 Å². The Kier molecular flexibility index (Phi) is 16.7. The summed E-state index contributed by atoms with van der Waals surface area (Å²) in [5.41, 5.74) is 28.4. The minimum absolute atomic E-state index is 0.650. The van der Waals surface area contributed by atoms with Crippen LogP contribution in [0.1, 0.15) is 0 Å². The zero-order valence-electron chi connectivity index (χ0n) is 67.3. The second kappa shape index (κ2) is 29.1. The maximum atomic E-state index is 6.63. The first-order valence-corrected chi connectivity index (χ1v) is 45.6. The highest BCUT2D eigenvalue weighted by molar-refractivity contribution is 7.27. The molecule has 18 aromatic carbocycles. The van der Waals surface area contributed by atoms with E-state index in [2.05, 4.69) is 370 Å². The second-order valence-electron chi connectivity index (χ2n) is 32.5. The summed E-state index contributed by atoms with van der Waals surface area (Å²) < 4.78 is 22.9. The first kappa shape index (κ1) is 72.3. The fraction of sp³-hybridized carbons (Fsp3) is 0. The molecule has 0 radical (unpaired) electrons. The quantitative estimate of drug-likeness (QED) is 0.114. The van der Waals surface area contributed by atoms with Gasteiger partial charge in [-0.15, -0.1) is 45.3 Å². The van der Waals surface area contributed by atoms with Crippen LogP contribution in [0.4, 0.5) is 0 Å². The van der Waals surface area contributed by atoms with Crippen molar-refractivity contribution in [3.05, 3.63) is 400 Å². The van der Waals surface area contributed by atoms with Crippen molar-refractivity contribution in [1.29, 1.82) is 0 Å². The van der Waals surface area contributed by atoms with Crippen molar-refractivity contribution in [2.75, 3.05) is 0 Å². The molecular weight excluding hydrogens is 1610 g/mol. The summed E-state index contributed by atoms with van der Waals surface area (Å²) in [6, 6.07) is 145. The Morgan fingerprint density at radius 1 is 0.167 bits per heavy atom. The molecule has 0 aliphatic carbocycles. The molecule has 0 atom stereocenters. The molecule has 0 fully saturated rings. The van der Waals surface area contributed by atoms with Crippen LogP contribution in [0, 0.1) is 0 Å². The Morgan fingerprint density at radius 3 is 1.07 bits per heavy atom. The van der Waals surface area contributed by atoms with Crippen LogP contribution < -0.4 is 0 Å². The van der Waals surface area contributed by atoms with Crippen LogP contribution in [0.15, 0.2) is 409 Å². The summed E-state index contributed by atoms with van der Waals surface area (Å²) in [4.78, 5) is 22.0. The normalized spacial score (nSPS) is 12.0. The lowest BCUT2D eigenvalue weighted by Gasteiger charge is -2.14. The average molecular weight is 1680 g/mol. The van der Waals surface area contributed by atoms with Gasteiger partial charge in [0.2, 0.25) is 0 Å². The number of para-hydroxylation sites is 3. The highest BCUT2D eigenvalue weighted by atomic mass is 32.1. The van der Waals surface area contributed by atoms with Gasteiger partial charge in [-0.3, -0.25) is 0 Å². The standard InChI is InChI=1S/C116H66N4O2S4/c1-3-23-67(24-4-1)115-117-98(73-29-15-27-69(55-73)70-51-53-104-96(63-70)88-32-8-11-46-102(88)121-104)65-100(119-115)79-59-75(83-37-18-42-92-89-33-9-13-48-105(89)123-111(83)92)57-77(61-79)85-39-20-44-94-97-64-72(52-54-107(97)125-113(85)94)81-35-22-50-108-109(81)95-45-21-40-86(114(95)126-108)78-58-76(84-38-19-43-93-90-34-10-14-49-106(90)124-112(84)93)60-80(62-78)101-66-99(118-116(120-101)68-25-5-2-6-26-68)74-30-16-28-71(56-74)82-36-17-41-91-87-31-7-12-47-103(87)122-110(82)91/h1-66H. The van der Waals surface area contributed by atoms with Gasteiger partial charge in [0.25, 0.3) is 0 Å². The SMILES string of the molecule is c1ccc(-c2nc(-c3cccc(-c4ccc5oc6ccccc6c5c4)c3)cc(-c3cc(-c4cccc5c4sc4ccccc45)cc(-c4cccc5c4sc4ccc(-c6cccc7sc8c(-c9cc(-c%10cc(-c%11cccc(-c%12cccc%13c%12oc%12ccccc%12%13)c%11)nc(-c%11ccccc%11)n%10)cc(-c%10cccc%11c%10sc%10ccccc%10%11)c9)cccc8c67)cc45)c3)n2)cc1. The molecule has 0 spiro atoms. The summed E-state index contributed by atoms with van der Waals surface area (Å²) >= 11 is 7.45. The molecule has 0 unspecified atom stereocenters. The number of benzene rings is 18. The maximum Gasteiger partial charge on any atom is 0.160 e. The Balaban J connectivity index is 0.611. The predicted molar refractivity (Wildman–Crippen MR) is 534 cm³/mol. The molecule has 26 rings (SSSR count). The number of nitrogens with zero attached hydrogens (tertiary/aromatic N) is 4. The zero-order chi connectivity index (χ0) is 82.6. The van der Waals surface area contributed by atoms with Gasteiger partial charge in [0, 0.05) is 141 Å². The average Bonchev–Trinajstić information content (AvgIpc) is 1.57. The molecule has 26 aromatic rings. The predicted octanol–water partition coefficient (Wildman–Crippen LogP) is 34.2. The van der Waals surface area contributed by atoms with E-state index in [-0.39, 0.29) is 0 Å². The largest absolute Gasteiger partial charge is 0.456 e. The van der Waals surface area contributed by atoms with Gasteiger partial charge >= 0.3 is 0 Å². The number of hydrogen-bond acceptors (Lipinski definition) is 10. The fourth-order valence-corrected chi connectivity index (χ4v) is 24.1. The Labute approximate surface area is 738 Å². The van der Waals surface area contributed by atoms with Crippen molar-refractivity contribution in [3.63, 3.8) is 0 Å². The summed E-state index contributed by atoms with van der Waals surface area (Å²) in [6.07, 6.45) is 0. The van der Waals surface area contributed by atoms with E-state index < -0.39 is 0 Å². The molecule has 0 aliphatic rings. The highest BCUT2D eigenvalue weighted by Crippen LogP contribution is 2.52. The van der Waals surface area contributed by atoms with Crippen LogP contribution in [0.25, 0.3) is 270 Å². The number of furan rings is 2. The van der Waals surface area contributed by atoms with E-state index in [0.29, 0.717) is 11.6 Å². The molecule has 0 bridgehead atoms. The number of thiophene rings is 4. The van der Waals surface area contributed by atoms with Crippen LogP contribution in [-0.2, 0) is 0 Å². The lowest BCUT2D eigenvalue weighted by atomic mass is 9.92. The third kappa shape index (κ3) is 12.1. The lowest BCUT2D eigenvalue weighted by Crippen LogP contribution is -1.97. The maximum absolute atomic E-state index is 6.63. The van der Waals surface area contributed by atoms with Crippen molar-refractivity contribution < 1.29 is 8.83 Å². The van der Waals surface area contributed by atoms with Gasteiger partial charge in [0.15, 0.2) is 11.6 Å². The highest BCUT2D eigenvalue weighted by Gasteiger charge is 2.25. The third-order valence-electron chi connectivity index (χ3n) is 25.1. The molecule has 0 amide bonds. The number of aromatic nitrogens is 4. The Morgan fingerprint density at radius 2 is 0.500 bits per heavy atom. The summed E-state index contributed by atoms with van der Waals surface area (Å²) in [6.45, 7) is 0. The van der Waals surface area contributed by atoms with E-state index in [4.69, 9.17) is 28.8 Å². The molecule has 586 valence electrons. The smallest absolute Gasteiger partial charge is 0.160 e. The van der Waals surface area contributed by atoms with Crippen molar-refractivity contribution in [2.45, 2.75) is 0 Å². The molecule has 0 N–H and O–H groups in total. The van der Waals surface area contributed by atoms with Gasteiger partial charge in [-0.05, 0) is 188 Å². The van der Waals surface area contributed by atoms with E-state index in [1.54, 1.807) is 0 Å². The van der Waals surface area contributed by atoms with Crippen molar-refractivity contribution in [2.24, 2.45) is 0 Å². The van der Waals surface area contributed by atoms with E-state index in [9.17, 15) is 0 Å². The molecule has 10 heteroatoms. The molecule has 0 saturated carbocycles. The third-order valence-corrected chi connectivity index (χ3v) is 30.0. The van der Waals surface area contributed by atoms with Gasteiger partial charge in [-0.1, -0.05) is 285 Å². The monoisotopic (exact) mass is 1670 g/mol. The Hall–Kier alpha value is -15.4. The van der Waals surface area contributed by atoms with Gasteiger partial charge in [-0.25, -0.2) is 19.9 Å². The van der Waals surface area contributed by atoms with Gasteiger partial charge in [0.05, 0.1) is 22.8 Å².